The number of β-lactam (4-membered cyclic amide) rings is 1. The van der Waals surface area contributed by atoms with Gasteiger partial charge in [0, 0.05) is 12.1 Å². The summed E-state index contributed by atoms with van der Waals surface area (Å²) in [6.45, 7) is 0. The van der Waals surface area contributed by atoms with E-state index in [-0.39, 0.29) is 11.9 Å². The molecule has 0 N–H and O–H groups in total. The van der Waals surface area contributed by atoms with E-state index >= 15 is 0 Å². The third-order valence-electron chi connectivity index (χ3n) is 5.50. The van der Waals surface area contributed by atoms with Crippen LogP contribution >= 0.6 is 22.6 Å². The molecule has 0 radical (unpaired) electrons. The van der Waals surface area contributed by atoms with E-state index in [1.807, 2.05) is 48.5 Å². The Morgan fingerprint density at radius 3 is 1.97 bits per heavy atom. The number of amides is 1. The molecule has 0 saturated carbocycles. The van der Waals surface area contributed by atoms with Crippen LogP contribution in [0, 0.1) is 3.57 Å². The number of nitrogens with zero attached hydrogens (tertiary/aromatic N) is 1. The molecule has 1 heterocycles. The van der Waals surface area contributed by atoms with Crippen molar-refractivity contribution in [3.63, 3.8) is 0 Å². The lowest BCUT2D eigenvalue weighted by Gasteiger charge is -2.46. The number of halogens is 1. The number of ether oxygens (including phenoxy) is 5. The number of carbonyl (C=O) groups excluding carboxylic acids is 1. The van der Waals surface area contributed by atoms with E-state index in [1.165, 1.54) is 0 Å². The third kappa shape index (κ3) is 4.27. The summed E-state index contributed by atoms with van der Waals surface area (Å²) in [5, 5.41) is 0. The average Bonchev–Trinajstić information content (AvgIpc) is 2.85. The van der Waals surface area contributed by atoms with E-state index in [9.17, 15) is 4.79 Å². The van der Waals surface area contributed by atoms with Crippen molar-refractivity contribution >= 4 is 34.2 Å². The van der Waals surface area contributed by atoms with Gasteiger partial charge in [-0.15, -0.1) is 0 Å². The maximum absolute atomic E-state index is 13.4. The first-order chi connectivity index (χ1) is 16.0. The first kappa shape index (κ1) is 23.0. The Balaban J connectivity index is 1.78. The molecule has 0 unspecified atom stereocenters. The molecule has 1 fully saturated rings. The van der Waals surface area contributed by atoms with Crippen LogP contribution in [0.1, 0.15) is 11.6 Å². The van der Waals surface area contributed by atoms with Crippen molar-refractivity contribution in [3.05, 3.63) is 69.8 Å². The van der Waals surface area contributed by atoms with Gasteiger partial charge in [0.1, 0.15) is 17.5 Å². The largest absolute Gasteiger partial charge is 0.496 e. The van der Waals surface area contributed by atoms with E-state index in [0.29, 0.717) is 28.7 Å². The highest BCUT2D eigenvalue weighted by molar-refractivity contribution is 14.1. The quantitative estimate of drug-likeness (QED) is 0.289. The van der Waals surface area contributed by atoms with Crippen LogP contribution in [-0.2, 0) is 4.79 Å². The highest BCUT2D eigenvalue weighted by Crippen LogP contribution is 2.47. The molecule has 0 bridgehead atoms. The van der Waals surface area contributed by atoms with Crippen molar-refractivity contribution in [2.75, 3.05) is 33.3 Å². The van der Waals surface area contributed by atoms with Crippen molar-refractivity contribution in [1.29, 1.82) is 0 Å². The van der Waals surface area contributed by atoms with Crippen molar-refractivity contribution < 1.29 is 28.5 Å². The average molecular weight is 561 g/mol. The van der Waals surface area contributed by atoms with Crippen molar-refractivity contribution in [1.82, 2.24) is 0 Å². The van der Waals surface area contributed by atoms with Gasteiger partial charge < -0.3 is 23.7 Å². The number of rotatable bonds is 8. The topological polar surface area (TPSA) is 66.5 Å². The fourth-order valence-corrected chi connectivity index (χ4v) is 4.67. The van der Waals surface area contributed by atoms with Crippen LogP contribution in [0.25, 0.3) is 0 Å². The fraction of sp³-hybridized carbons (Fsp3) is 0.240. The molecule has 0 aromatic heterocycles. The SMILES string of the molecule is COc1ccc([C@H]2[C@H](Oc3ccccc3)C(=O)N2c2cc(OC)c(OC)c(OC)c2)cc1I. The fourth-order valence-electron chi connectivity index (χ4n) is 3.91. The Bertz CT molecular complexity index is 1130. The van der Waals surface area contributed by atoms with Crippen LogP contribution < -0.4 is 28.6 Å². The van der Waals surface area contributed by atoms with Gasteiger partial charge in [-0.3, -0.25) is 9.69 Å². The molecule has 3 aromatic carbocycles. The van der Waals surface area contributed by atoms with Crippen LogP contribution in [-0.4, -0.2) is 40.5 Å². The molecule has 0 aliphatic carbocycles. The van der Waals surface area contributed by atoms with Gasteiger partial charge >= 0.3 is 0 Å². The molecule has 1 aliphatic heterocycles. The summed E-state index contributed by atoms with van der Waals surface area (Å²) in [4.78, 5) is 15.1. The Morgan fingerprint density at radius 1 is 0.788 bits per heavy atom. The summed E-state index contributed by atoms with van der Waals surface area (Å²) in [6, 6.07) is 18.3. The van der Waals surface area contributed by atoms with E-state index in [0.717, 1.165) is 14.9 Å². The van der Waals surface area contributed by atoms with Gasteiger partial charge in [0.2, 0.25) is 11.9 Å². The number of para-hydroxylation sites is 1. The van der Waals surface area contributed by atoms with E-state index < -0.39 is 6.10 Å². The number of benzene rings is 3. The van der Waals surface area contributed by atoms with Crippen LogP contribution in [0.2, 0.25) is 0 Å². The molecule has 3 aromatic rings. The van der Waals surface area contributed by atoms with Crippen LogP contribution in [0.4, 0.5) is 5.69 Å². The highest BCUT2D eigenvalue weighted by atomic mass is 127. The number of hydrogen-bond acceptors (Lipinski definition) is 6. The molecule has 7 nitrogen and oxygen atoms in total. The summed E-state index contributed by atoms with van der Waals surface area (Å²) >= 11 is 2.22. The van der Waals surface area contributed by atoms with E-state index in [1.54, 1.807) is 45.5 Å². The molecular formula is C25H24INO6. The molecule has 8 heteroatoms. The first-order valence-corrected chi connectivity index (χ1v) is 11.3. The second-order valence-electron chi connectivity index (χ2n) is 7.28. The van der Waals surface area contributed by atoms with Crippen molar-refractivity contribution in [3.8, 4) is 28.7 Å². The molecule has 1 amide bonds. The lowest BCUT2D eigenvalue weighted by atomic mass is 9.89. The van der Waals surface area contributed by atoms with Crippen LogP contribution in [0.15, 0.2) is 60.7 Å². The predicted molar refractivity (Wildman–Crippen MR) is 133 cm³/mol. The van der Waals surface area contributed by atoms with Gasteiger partial charge in [-0.25, -0.2) is 0 Å². The lowest BCUT2D eigenvalue weighted by molar-refractivity contribution is -0.135. The first-order valence-electron chi connectivity index (χ1n) is 10.2. The minimum Gasteiger partial charge on any atom is -0.496 e. The standard InChI is InChI=1S/C25H24INO6/c1-29-19-11-10-15(12-18(19)26)22-24(33-17-8-6-5-7-9-17)25(28)27(22)16-13-20(30-2)23(32-4)21(14-16)31-3/h5-14,22,24H,1-4H3/t22-,24-/m0/s1. The van der Waals surface area contributed by atoms with E-state index in [4.69, 9.17) is 23.7 Å². The summed E-state index contributed by atoms with van der Waals surface area (Å²) in [5.41, 5.74) is 1.55. The molecule has 172 valence electrons. The smallest absolute Gasteiger partial charge is 0.271 e. The summed E-state index contributed by atoms with van der Waals surface area (Å²) in [6.07, 6.45) is -0.685. The maximum Gasteiger partial charge on any atom is 0.271 e. The highest BCUT2D eigenvalue weighted by Gasteiger charge is 2.51. The molecular weight excluding hydrogens is 537 g/mol. The van der Waals surface area contributed by atoms with Gasteiger partial charge in [-0.2, -0.15) is 0 Å². The maximum atomic E-state index is 13.4. The van der Waals surface area contributed by atoms with Crippen molar-refractivity contribution in [2.24, 2.45) is 0 Å². The number of anilines is 1. The predicted octanol–water partition coefficient (Wildman–Crippen LogP) is 4.86. The second-order valence-corrected chi connectivity index (χ2v) is 8.44. The zero-order valence-electron chi connectivity index (χ0n) is 18.7. The minimum atomic E-state index is -0.685. The van der Waals surface area contributed by atoms with E-state index in [2.05, 4.69) is 22.6 Å². The number of hydrogen-bond donors (Lipinski definition) is 0. The summed E-state index contributed by atoms with van der Waals surface area (Å²) < 4.78 is 28.9. The third-order valence-corrected chi connectivity index (χ3v) is 6.34. The van der Waals surface area contributed by atoms with Gasteiger partial charge in [-0.1, -0.05) is 24.3 Å². The normalized spacial score (nSPS) is 17.2. The van der Waals surface area contributed by atoms with Crippen LogP contribution in [0.5, 0.6) is 28.7 Å². The molecule has 1 saturated heterocycles. The van der Waals surface area contributed by atoms with Gasteiger partial charge in [0.15, 0.2) is 11.5 Å². The Labute approximate surface area is 206 Å². The molecule has 1 aliphatic rings. The Hall–Kier alpha value is -3.14. The Kier molecular flexibility index (Phi) is 6.83. The lowest BCUT2D eigenvalue weighted by Crippen LogP contribution is -2.61. The molecule has 33 heavy (non-hydrogen) atoms. The molecule has 4 rings (SSSR count). The number of methoxy groups -OCH3 is 4. The van der Waals surface area contributed by atoms with Crippen molar-refractivity contribution in [2.45, 2.75) is 12.1 Å². The monoisotopic (exact) mass is 561 g/mol. The van der Waals surface area contributed by atoms with Gasteiger partial charge in [0.25, 0.3) is 5.91 Å². The Morgan fingerprint density at radius 2 is 1.42 bits per heavy atom. The summed E-state index contributed by atoms with van der Waals surface area (Å²) in [5.74, 6) is 2.64. The minimum absolute atomic E-state index is 0.163. The number of carbonyl (C=O) groups is 1. The van der Waals surface area contributed by atoms with Crippen LogP contribution in [0.3, 0.4) is 0 Å². The van der Waals surface area contributed by atoms with Gasteiger partial charge in [0.05, 0.1) is 37.7 Å². The molecule has 0 spiro atoms. The molecule has 2 atom stereocenters. The zero-order valence-corrected chi connectivity index (χ0v) is 20.9. The summed E-state index contributed by atoms with van der Waals surface area (Å²) in [7, 11) is 6.27. The zero-order chi connectivity index (χ0) is 23.5. The van der Waals surface area contributed by atoms with Gasteiger partial charge in [-0.05, 0) is 52.4 Å². The second kappa shape index (κ2) is 9.78.